The van der Waals surface area contributed by atoms with Gasteiger partial charge in [-0.3, -0.25) is 14.4 Å². The van der Waals surface area contributed by atoms with Crippen LogP contribution in [0.4, 0.5) is 0 Å². The fraction of sp³-hybridized carbons (Fsp3) is 0.526. The number of aryl methyl sites for hydroxylation is 1. The first-order valence-electron chi connectivity index (χ1n) is 8.45. The molecule has 1 aliphatic rings. The van der Waals surface area contributed by atoms with Gasteiger partial charge in [0.15, 0.2) is 5.78 Å². The fourth-order valence-corrected chi connectivity index (χ4v) is 3.37. The average molecular weight is 331 g/mol. The number of carboxylic acid groups (broad SMARTS) is 1. The summed E-state index contributed by atoms with van der Waals surface area (Å²) in [6, 6.07) is 7.26. The smallest absolute Gasteiger partial charge is 0.308 e. The van der Waals surface area contributed by atoms with Crippen LogP contribution in [0.3, 0.4) is 0 Å². The van der Waals surface area contributed by atoms with Crippen LogP contribution in [0.2, 0.25) is 0 Å². The Kier molecular flexibility index (Phi) is 5.75. The van der Waals surface area contributed by atoms with Gasteiger partial charge in [-0.2, -0.15) is 0 Å². The molecule has 0 spiro atoms. The van der Waals surface area contributed by atoms with Gasteiger partial charge in [-0.25, -0.2) is 0 Å². The summed E-state index contributed by atoms with van der Waals surface area (Å²) in [5, 5.41) is 12.2. The maximum atomic E-state index is 12.2. The van der Waals surface area contributed by atoms with Gasteiger partial charge in [0.2, 0.25) is 5.91 Å². The van der Waals surface area contributed by atoms with Crippen LogP contribution in [-0.4, -0.2) is 28.3 Å². The highest BCUT2D eigenvalue weighted by Gasteiger charge is 2.42. The summed E-state index contributed by atoms with van der Waals surface area (Å²) in [6.07, 6.45) is 3.21. The molecular weight excluding hydrogens is 306 g/mol. The van der Waals surface area contributed by atoms with Crippen LogP contribution in [0.5, 0.6) is 0 Å². The van der Waals surface area contributed by atoms with Crippen molar-refractivity contribution in [1.29, 1.82) is 0 Å². The second kappa shape index (κ2) is 7.60. The van der Waals surface area contributed by atoms with E-state index < -0.39 is 17.4 Å². The minimum atomic E-state index is -0.867. The number of carbonyl (C=O) groups is 3. The molecule has 2 atom stereocenters. The van der Waals surface area contributed by atoms with Crippen molar-refractivity contribution in [3.8, 4) is 0 Å². The molecule has 1 aromatic carbocycles. The molecule has 0 saturated heterocycles. The molecule has 2 unspecified atom stereocenters. The average Bonchev–Trinajstić information content (AvgIpc) is 2.53. The van der Waals surface area contributed by atoms with Gasteiger partial charge in [0, 0.05) is 18.4 Å². The molecule has 1 aromatic rings. The molecule has 0 radical (unpaired) electrons. The van der Waals surface area contributed by atoms with Crippen molar-refractivity contribution in [2.45, 2.75) is 57.9 Å². The van der Waals surface area contributed by atoms with Gasteiger partial charge in [-0.05, 0) is 26.7 Å². The van der Waals surface area contributed by atoms with Gasteiger partial charge >= 0.3 is 5.97 Å². The number of carboxylic acids is 1. The third-order valence-corrected chi connectivity index (χ3v) is 4.88. The van der Waals surface area contributed by atoms with Crippen LogP contribution >= 0.6 is 0 Å². The largest absolute Gasteiger partial charge is 0.481 e. The summed E-state index contributed by atoms with van der Waals surface area (Å²) in [7, 11) is 0. The zero-order chi connectivity index (χ0) is 17.7. The second-order valence-electron chi connectivity index (χ2n) is 6.89. The number of amides is 1. The van der Waals surface area contributed by atoms with E-state index in [0.717, 1.165) is 18.4 Å². The Bertz CT molecular complexity index is 623. The molecule has 0 bridgehead atoms. The van der Waals surface area contributed by atoms with E-state index in [9.17, 15) is 19.5 Å². The molecule has 0 aromatic heterocycles. The van der Waals surface area contributed by atoms with E-state index in [4.69, 9.17) is 0 Å². The Labute approximate surface area is 142 Å². The third-order valence-electron chi connectivity index (χ3n) is 4.88. The molecule has 2 N–H and O–H groups in total. The summed E-state index contributed by atoms with van der Waals surface area (Å²) in [5.41, 5.74) is 0.948. The van der Waals surface area contributed by atoms with Gasteiger partial charge in [0.05, 0.1) is 11.5 Å². The van der Waals surface area contributed by atoms with E-state index in [0.29, 0.717) is 18.4 Å². The summed E-state index contributed by atoms with van der Waals surface area (Å²) in [5.74, 6) is -1.77. The van der Waals surface area contributed by atoms with E-state index in [1.54, 1.807) is 19.1 Å². The predicted molar refractivity (Wildman–Crippen MR) is 90.9 cm³/mol. The number of nitrogens with one attached hydrogen (secondary N) is 1. The topological polar surface area (TPSA) is 83.5 Å². The van der Waals surface area contributed by atoms with Crippen LogP contribution in [0.15, 0.2) is 24.3 Å². The highest BCUT2D eigenvalue weighted by Crippen LogP contribution is 2.34. The highest BCUT2D eigenvalue weighted by atomic mass is 16.4. The van der Waals surface area contributed by atoms with E-state index in [1.165, 1.54) is 0 Å². The van der Waals surface area contributed by atoms with Crippen LogP contribution in [0.25, 0.3) is 0 Å². The Hall–Kier alpha value is -2.17. The maximum absolute atomic E-state index is 12.2. The van der Waals surface area contributed by atoms with Crippen molar-refractivity contribution in [2.75, 3.05) is 0 Å². The Morgan fingerprint density at radius 1 is 1.17 bits per heavy atom. The molecule has 5 heteroatoms. The molecule has 1 fully saturated rings. The number of benzene rings is 1. The molecule has 1 saturated carbocycles. The summed E-state index contributed by atoms with van der Waals surface area (Å²) >= 11 is 0. The number of hydrogen-bond donors (Lipinski definition) is 2. The lowest BCUT2D eigenvalue weighted by Gasteiger charge is -2.39. The first-order chi connectivity index (χ1) is 11.3. The molecule has 0 heterocycles. The first-order valence-corrected chi connectivity index (χ1v) is 8.45. The lowest BCUT2D eigenvalue weighted by Crippen LogP contribution is -2.55. The van der Waals surface area contributed by atoms with Crippen molar-refractivity contribution in [3.63, 3.8) is 0 Å². The molecule has 2 rings (SSSR count). The van der Waals surface area contributed by atoms with Crippen LogP contribution in [0.1, 0.15) is 61.4 Å². The molecule has 1 aliphatic carbocycles. The fourth-order valence-electron chi connectivity index (χ4n) is 3.37. The summed E-state index contributed by atoms with van der Waals surface area (Å²) in [4.78, 5) is 35.8. The molecule has 5 nitrogen and oxygen atoms in total. The van der Waals surface area contributed by atoms with Crippen molar-refractivity contribution >= 4 is 17.7 Å². The molecule has 0 aliphatic heterocycles. The Balaban J connectivity index is 1.91. The monoisotopic (exact) mass is 331 g/mol. The van der Waals surface area contributed by atoms with E-state index in [2.05, 4.69) is 5.32 Å². The lowest BCUT2D eigenvalue weighted by atomic mass is 9.74. The van der Waals surface area contributed by atoms with Crippen LogP contribution in [-0.2, 0) is 9.59 Å². The van der Waals surface area contributed by atoms with Gasteiger partial charge in [0.1, 0.15) is 0 Å². The van der Waals surface area contributed by atoms with Gasteiger partial charge in [-0.1, -0.05) is 42.7 Å². The first kappa shape index (κ1) is 18.2. The third kappa shape index (κ3) is 4.43. The van der Waals surface area contributed by atoms with E-state index in [-0.39, 0.29) is 24.5 Å². The maximum Gasteiger partial charge on any atom is 0.308 e. The number of ketones is 1. The van der Waals surface area contributed by atoms with E-state index >= 15 is 0 Å². The van der Waals surface area contributed by atoms with Crippen molar-refractivity contribution in [2.24, 2.45) is 5.92 Å². The highest BCUT2D eigenvalue weighted by molar-refractivity contribution is 5.98. The molecule has 130 valence electrons. The van der Waals surface area contributed by atoms with Crippen molar-refractivity contribution in [1.82, 2.24) is 5.32 Å². The summed E-state index contributed by atoms with van der Waals surface area (Å²) < 4.78 is 0. The van der Waals surface area contributed by atoms with Gasteiger partial charge in [-0.15, -0.1) is 0 Å². The zero-order valence-electron chi connectivity index (χ0n) is 14.3. The number of Topliss-reactive ketones (excluding diaryl/α,β-unsaturated/α-hetero) is 1. The second-order valence-corrected chi connectivity index (χ2v) is 6.89. The van der Waals surface area contributed by atoms with Crippen molar-refractivity contribution < 1.29 is 19.5 Å². The number of rotatable bonds is 6. The quantitative estimate of drug-likeness (QED) is 0.785. The number of hydrogen-bond acceptors (Lipinski definition) is 3. The normalized spacial score (nSPS) is 23.5. The molecule has 1 amide bonds. The predicted octanol–water partition coefficient (Wildman–Crippen LogP) is 3.11. The molecule has 24 heavy (non-hydrogen) atoms. The standard InChI is InChI=1S/C19H25NO4/c1-13-6-8-14(9-7-13)16(21)10-11-17(22)20-19(2)12-4-3-5-15(19)18(23)24/h6-9,15H,3-5,10-12H2,1-2H3,(H,20,22)(H,23,24). The Morgan fingerprint density at radius 3 is 2.46 bits per heavy atom. The van der Waals surface area contributed by atoms with Gasteiger partial charge in [0.25, 0.3) is 0 Å². The minimum Gasteiger partial charge on any atom is -0.481 e. The zero-order valence-corrected chi connectivity index (χ0v) is 14.3. The van der Waals surface area contributed by atoms with Crippen molar-refractivity contribution in [3.05, 3.63) is 35.4 Å². The number of aliphatic carboxylic acids is 1. The lowest BCUT2D eigenvalue weighted by molar-refractivity contribution is -0.146. The molecular formula is C19H25NO4. The number of carbonyl (C=O) groups excluding carboxylic acids is 2. The Morgan fingerprint density at radius 2 is 1.83 bits per heavy atom. The van der Waals surface area contributed by atoms with E-state index in [1.807, 2.05) is 19.1 Å². The van der Waals surface area contributed by atoms with Gasteiger partial charge < -0.3 is 10.4 Å². The SMILES string of the molecule is Cc1ccc(C(=O)CCC(=O)NC2(C)CCCCC2C(=O)O)cc1. The van der Waals surface area contributed by atoms with Crippen LogP contribution in [0, 0.1) is 12.8 Å². The minimum absolute atomic E-state index is 0.0752. The van der Waals surface area contributed by atoms with Crippen LogP contribution < -0.4 is 5.32 Å². The summed E-state index contributed by atoms with van der Waals surface area (Å²) in [6.45, 7) is 3.75.